The van der Waals surface area contributed by atoms with Crippen molar-refractivity contribution in [2.75, 3.05) is 11.9 Å². The Balaban J connectivity index is 0.00000450. The molecule has 1 unspecified atom stereocenters. The van der Waals surface area contributed by atoms with Gasteiger partial charge < -0.3 is 10.2 Å². The molecule has 1 aliphatic rings. The predicted octanol–water partition coefficient (Wildman–Crippen LogP) is 5.64. The van der Waals surface area contributed by atoms with Crippen LogP contribution in [0.4, 0.5) is 5.69 Å². The Morgan fingerprint density at radius 1 is 1.24 bits per heavy atom. The van der Waals surface area contributed by atoms with E-state index in [4.69, 9.17) is 0 Å². The zero-order chi connectivity index (χ0) is 21.4. The molecule has 4 nitrogen and oxygen atoms in total. The number of hydrogen-bond acceptors (Lipinski definition) is 3. The molecule has 0 spiro atoms. The molecule has 2 rings (SSSR count). The second-order valence-corrected chi connectivity index (χ2v) is 8.97. The van der Waals surface area contributed by atoms with E-state index in [1.807, 2.05) is 31.0 Å². The first kappa shape index (κ1) is 22.9. The monoisotopic (exact) mass is 397 g/mol. The van der Waals surface area contributed by atoms with E-state index in [9.17, 15) is 4.79 Å². The molecule has 1 atom stereocenters. The third-order valence-corrected chi connectivity index (χ3v) is 5.64. The largest absolute Gasteiger partial charge is 0.359 e. The smallest absolute Gasteiger partial charge is 0.247 e. The van der Waals surface area contributed by atoms with Gasteiger partial charge in [0.15, 0.2) is 0 Å². The van der Waals surface area contributed by atoms with Crippen molar-refractivity contribution in [3.8, 4) is 0 Å². The lowest BCUT2D eigenvalue weighted by Gasteiger charge is -2.33. The van der Waals surface area contributed by atoms with E-state index in [1.165, 1.54) is 24.8 Å². The molecule has 1 N–H and O–H groups in total. The number of aliphatic imine (C=N–C) groups is 1. The maximum Gasteiger partial charge on any atom is 0.247 e. The average Bonchev–Trinajstić information content (AvgIpc) is 2.68. The van der Waals surface area contributed by atoms with E-state index >= 15 is 0 Å². The van der Waals surface area contributed by atoms with Crippen molar-refractivity contribution >= 4 is 18.3 Å². The van der Waals surface area contributed by atoms with E-state index in [2.05, 4.69) is 62.1 Å². The van der Waals surface area contributed by atoms with Gasteiger partial charge in [0.1, 0.15) is 6.04 Å². The molecular weight excluding hydrogens is 358 g/mol. The molecule has 4 heteroatoms. The summed E-state index contributed by atoms with van der Waals surface area (Å²) in [7, 11) is 1.97. The highest BCUT2D eigenvalue weighted by Crippen LogP contribution is 2.27. The Labute approximate surface area is 178 Å². The Bertz CT molecular complexity index is 741. The highest BCUT2D eigenvalue weighted by Gasteiger charge is 2.29. The van der Waals surface area contributed by atoms with Crippen molar-refractivity contribution in [3.63, 3.8) is 0 Å². The first-order valence-electron chi connectivity index (χ1n) is 10.7. The summed E-state index contributed by atoms with van der Waals surface area (Å²) in [6, 6.07) is 8.28. The molecule has 0 aliphatic heterocycles. The lowest BCUT2D eigenvalue weighted by molar-refractivity contribution is -0.122. The number of hydrogen-bond donors (Lipinski definition) is 1. The minimum atomic E-state index is -0.459. The van der Waals surface area contributed by atoms with Crippen molar-refractivity contribution in [2.24, 2.45) is 4.99 Å². The number of benzene rings is 1. The Morgan fingerprint density at radius 2 is 1.86 bits per heavy atom. The van der Waals surface area contributed by atoms with Gasteiger partial charge in [-0.25, -0.2) is 0 Å². The van der Waals surface area contributed by atoms with Gasteiger partial charge in [0.25, 0.3) is 0 Å². The van der Waals surface area contributed by atoms with E-state index in [1.54, 1.807) is 6.20 Å². The maximum atomic E-state index is 13.4. The van der Waals surface area contributed by atoms with E-state index in [0.29, 0.717) is 0 Å². The maximum absolute atomic E-state index is 13.4. The van der Waals surface area contributed by atoms with Gasteiger partial charge in [-0.2, -0.15) is 0 Å². The van der Waals surface area contributed by atoms with Crippen LogP contribution in [0.2, 0.25) is 0 Å². The molecule has 1 amide bonds. The van der Waals surface area contributed by atoms with Crippen LogP contribution in [-0.4, -0.2) is 31.8 Å². The fourth-order valence-electron chi connectivity index (χ4n) is 3.93. The summed E-state index contributed by atoms with van der Waals surface area (Å²) in [6.45, 7) is 12.2. The lowest BCUT2D eigenvalue weighted by atomic mass is 9.87. The first-order chi connectivity index (χ1) is 13.8. The van der Waals surface area contributed by atoms with Crippen LogP contribution >= 0.6 is 0 Å². The van der Waals surface area contributed by atoms with Gasteiger partial charge in [-0.1, -0.05) is 64.3 Å². The van der Waals surface area contributed by atoms with Crippen molar-refractivity contribution in [2.45, 2.75) is 77.3 Å². The molecule has 0 aromatic heterocycles. The SMILES string of the molecule is C=N/C=C(\C=C/C)C(C(=O)NC1CCCCC1)N(C)c1ccc(C(C)(C)C)cc1.[HH]. The number of amides is 1. The van der Waals surface area contributed by atoms with Gasteiger partial charge in [0.05, 0.1) is 0 Å². The standard InChI is InChI=1S/C25H37N3O.H2/c1-7-11-19(18-26-5)23(24(29)27-21-12-9-8-10-13-21)28(6)22-16-14-20(15-17-22)25(2,3)4;/h7,11,14-18,21,23H,5,8-10,12-13H2,1-4,6H3,(H,27,29);1H/b11-7-,19-18+;. The van der Waals surface area contributed by atoms with Gasteiger partial charge in [-0.3, -0.25) is 9.79 Å². The van der Waals surface area contributed by atoms with Crippen LogP contribution in [-0.2, 0) is 10.2 Å². The zero-order valence-electron chi connectivity index (χ0n) is 18.7. The Hall–Kier alpha value is -2.36. The molecule has 1 aliphatic carbocycles. The number of carbonyl (C=O) groups excluding carboxylic acids is 1. The third-order valence-electron chi connectivity index (χ3n) is 5.64. The summed E-state index contributed by atoms with van der Waals surface area (Å²) >= 11 is 0. The van der Waals surface area contributed by atoms with Crippen LogP contribution in [0, 0.1) is 0 Å². The quantitative estimate of drug-likeness (QED) is 0.478. The second-order valence-electron chi connectivity index (χ2n) is 8.97. The molecule has 1 saturated carbocycles. The molecule has 1 aromatic rings. The normalized spacial score (nSPS) is 17.2. The Kier molecular flexibility index (Phi) is 8.24. The zero-order valence-corrected chi connectivity index (χ0v) is 18.7. The van der Waals surface area contributed by atoms with E-state index in [-0.39, 0.29) is 18.8 Å². The van der Waals surface area contributed by atoms with Crippen LogP contribution in [0.15, 0.2) is 53.2 Å². The molecule has 0 saturated heterocycles. The van der Waals surface area contributed by atoms with Crippen LogP contribution in [0.25, 0.3) is 0 Å². The van der Waals surface area contributed by atoms with Crippen molar-refractivity contribution < 1.29 is 6.22 Å². The van der Waals surface area contributed by atoms with Gasteiger partial charge in [-0.05, 0) is 49.6 Å². The topological polar surface area (TPSA) is 44.7 Å². The second kappa shape index (κ2) is 10.4. The summed E-state index contributed by atoms with van der Waals surface area (Å²) in [6.07, 6.45) is 11.3. The number of allylic oxidation sites excluding steroid dienone is 1. The number of carbonyl (C=O) groups is 1. The van der Waals surface area contributed by atoms with Crippen LogP contribution < -0.4 is 10.2 Å². The third kappa shape index (κ3) is 6.31. The molecule has 0 radical (unpaired) electrons. The minimum Gasteiger partial charge on any atom is -0.359 e. The average molecular weight is 398 g/mol. The van der Waals surface area contributed by atoms with Crippen LogP contribution in [0.3, 0.4) is 0 Å². The first-order valence-corrected chi connectivity index (χ1v) is 10.7. The molecule has 1 fully saturated rings. The van der Waals surface area contributed by atoms with Gasteiger partial charge in [0.2, 0.25) is 5.91 Å². The van der Waals surface area contributed by atoms with Crippen molar-refractivity contribution in [3.05, 3.63) is 53.8 Å². The molecule has 1 aromatic carbocycles. The highest BCUT2D eigenvalue weighted by molar-refractivity contribution is 5.89. The van der Waals surface area contributed by atoms with E-state index in [0.717, 1.165) is 24.1 Å². The summed E-state index contributed by atoms with van der Waals surface area (Å²) in [5.74, 6) is 0.0206. The molecule has 0 bridgehead atoms. The summed E-state index contributed by atoms with van der Waals surface area (Å²) < 4.78 is 0. The summed E-state index contributed by atoms with van der Waals surface area (Å²) in [4.78, 5) is 19.3. The number of nitrogens with zero attached hydrogens (tertiary/aromatic N) is 2. The van der Waals surface area contributed by atoms with Gasteiger partial charge in [0, 0.05) is 32.0 Å². The molecule has 29 heavy (non-hydrogen) atoms. The van der Waals surface area contributed by atoms with Gasteiger partial charge in [-0.15, -0.1) is 0 Å². The predicted molar refractivity (Wildman–Crippen MR) is 127 cm³/mol. The summed E-state index contributed by atoms with van der Waals surface area (Å²) in [5, 5.41) is 3.29. The molecule has 0 heterocycles. The van der Waals surface area contributed by atoms with Crippen molar-refractivity contribution in [1.82, 2.24) is 5.32 Å². The number of anilines is 1. The highest BCUT2D eigenvalue weighted by atomic mass is 16.2. The number of likely N-dealkylation sites (N-methyl/N-ethyl adjacent to an activating group) is 1. The van der Waals surface area contributed by atoms with E-state index < -0.39 is 6.04 Å². The minimum absolute atomic E-state index is 0. The summed E-state index contributed by atoms with van der Waals surface area (Å²) in [5.41, 5.74) is 3.20. The van der Waals surface area contributed by atoms with Gasteiger partial charge >= 0.3 is 0 Å². The van der Waals surface area contributed by atoms with Crippen molar-refractivity contribution in [1.29, 1.82) is 0 Å². The molecule has 160 valence electrons. The van der Waals surface area contributed by atoms with Crippen LogP contribution in [0.5, 0.6) is 0 Å². The van der Waals surface area contributed by atoms with Crippen LogP contribution in [0.1, 0.15) is 66.8 Å². The fraction of sp³-hybridized carbons (Fsp3) is 0.520. The number of rotatable bonds is 7. The lowest BCUT2D eigenvalue weighted by Crippen LogP contribution is -2.49. The fourth-order valence-corrected chi connectivity index (χ4v) is 3.93. The Morgan fingerprint density at radius 3 is 2.38 bits per heavy atom. The number of nitrogens with one attached hydrogen (secondary N) is 1. The molecular formula is C25H39N3O.